The summed E-state index contributed by atoms with van der Waals surface area (Å²) in [6, 6.07) is 8.35. The fraction of sp³-hybridized carbons (Fsp3) is 0.556. The van der Waals surface area contributed by atoms with E-state index in [0.717, 1.165) is 18.7 Å². The van der Waals surface area contributed by atoms with Crippen LogP contribution in [0.4, 0.5) is 0 Å². The van der Waals surface area contributed by atoms with E-state index < -0.39 is 11.2 Å². The summed E-state index contributed by atoms with van der Waals surface area (Å²) in [6.07, 6.45) is 6.10. The van der Waals surface area contributed by atoms with Gasteiger partial charge < -0.3 is 15.8 Å². The van der Waals surface area contributed by atoms with Crippen molar-refractivity contribution in [3.05, 3.63) is 29.8 Å². The van der Waals surface area contributed by atoms with Crippen molar-refractivity contribution < 1.29 is 8.95 Å². The van der Waals surface area contributed by atoms with Gasteiger partial charge in [0, 0.05) is 13.1 Å². The third-order valence-electron chi connectivity index (χ3n) is 4.47. The highest BCUT2D eigenvalue weighted by Gasteiger charge is 2.14. The number of ether oxygens (including phenoxy) is 1. The fourth-order valence-corrected chi connectivity index (χ4v) is 3.76. The van der Waals surface area contributed by atoms with Crippen LogP contribution in [0.3, 0.4) is 0 Å². The smallest absolute Gasteiger partial charge is 0.269 e. The van der Waals surface area contributed by atoms with Crippen LogP contribution in [0.15, 0.2) is 33.1 Å². The van der Waals surface area contributed by atoms with Gasteiger partial charge in [0.25, 0.3) is 11.2 Å². The second-order valence-electron chi connectivity index (χ2n) is 6.61. The molecule has 1 unspecified atom stereocenters. The molecule has 0 bridgehead atoms. The Balaban J connectivity index is 1.39. The topological polar surface area (TPSA) is 92.3 Å². The van der Waals surface area contributed by atoms with E-state index in [0.29, 0.717) is 19.0 Å². The van der Waals surface area contributed by atoms with E-state index in [1.54, 1.807) is 0 Å². The van der Waals surface area contributed by atoms with Gasteiger partial charge in [-0.25, -0.2) is 4.21 Å². The molecule has 0 amide bonds. The maximum Gasteiger partial charge on any atom is 0.269 e. The third-order valence-corrected chi connectivity index (χ3v) is 5.17. The number of benzene rings is 1. The van der Waals surface area contributed by atoms with E-state index in [1.807, 2.05) is 6.07 Å². The maximum absolute atomic E-state index is 11.1. The standard InChI is InChI=1S/C18H27N5O2S/c19-17-18(22-26(24)21-17)20-9-6-12-25-16-8-5-7-15(13-16)14-23-10-3-1-2-4-11-23/h5,7-8,13H,1-4,6,9-12,14H2,(H2,19,21)(H,20,22). The van der Waals surface area contributed by atoms with Crippen LogP contribution >= 0.6 is 0 Å². The third kappa shape index (κ3) is 5.81. The first-order valence-electron chi connectivity index (χ1n) is 9.24. The zero-order valence-corrected chi connectivity index (χ0v) is 15.8. The quantitative estimate of drug-likeness (QED) is 0.707. The minimum absolute atomic E-state index is 0.200. The number of nitrogens with one attached hydrogen (secondary N) is 1. The zero-order chi connectivity index (χ0) is 18.2. The Bertz CT molecular complexity index is 684. The molecule has 26 heavy (non-hydrogen) atoms. The summed E-state index contributed by atoms with van der Waals surface area (Å²) in [7, 11) is 0. The summed E-state index contributed by atoms with van der Waals surface area (Å²) in [5, 5.41) is 3.03. The van der Waals surface area contributed by atoms with Crippen LogP contribution in [0.5, 0.6) is 5.75 Å². The highest BCUT2D eigenvalue weighted by molar-refractivity contribution is 7.83. The Morgan fingerprint density at radius 3 is 2.73 bits per heavy atom. The minimum Gasteiger partial charge on any atom is -0.494 e. The molecule has 1 aromatic rings. The first-order chi connectivity index (χ1) is 12.7. The van der Waals surface area contributed by atoms with E-state index in [1.165, 1.54) is 44.3 Å². The molecule has 0 spiro atoms. The molecule has 0 radical (unpaired) electrons. The molecule has 3 N–H and O–H groups in total. The van der Waals surface area contributed by atoms with Gasteiger partial charge in [0.1, 0.15) is 5.75 Å². The molecule has 1 atom stereocenters. The molecule has 3 rings (SSSR count). The number of amidine groups is 2. The molecular formula is C18H27N5O2S. The second-order valence-corrected chi connectivity index (χ2v) is 7.44. The lowest BCUT2D eigenvalue weighted by atomic mass is 10.2. The van der Waals surface area contributed by atoms with Crippen LogP contribution in [-0.4, -0.2) is 47.0 Å². The maximum atomic E-state index is 11.1. The van der Waals surface area contributed by atoms with Gasteiger partial charge in [0.15, 0.2) is 11.7 Å². The molecule has 8 heteroatoms. The Labute approximate surface area is 157 Å². The van der Waals surface area contributed by atoms with Crippen LogP contribution in [0, 0.1) is 0 Å². The Morgan fingerprint density at radius 2 is 2.00 bits per heavy atom. The van der Waals surface area contributed by atoms with Crippen molar-refractivity contribution in [2.45, 2.75) is 38.6 Å². The number of rotatable bonds is 7. The van der Waals surface area contributed by atoms with Gasteiger partial charge in [0.05, 0.1) is 6.61 Å². The fourth-order valence-electron chi connectivity index (χ4n) is 3.15. The highest BCUT2D eigenvalue weighted by atomic mass is 32.2. The van der Waals surface area contributed by atoms with Crippen molar-refractivity contribution >= 4 is 22.8 Å². The average molecular weight is 378 g/mol. The normalized spacial score (nSPS) is 21.0. The Kier molecular flexibility index (Phi) is 7.02. The molecule has 1 aromatic carbocycles. The lowest BCUT2D eigenvalue weighted by Crippen LogP contribution is -2.35. The molecule has 0 aromatic heterocycles. The van der Waals surface area contributed by atoms with Crippen molar-refractivity contribution in [3.8, 4) is 5.75 Å². The largest absolute Gasteiger partial charge is 0.494 e. The van der Waals surface area contributed by atoms with Gasteiger partial charge >= 0.3 is 0 Å². The molecule has 2 heterocycles. The lowest BCUT2D eigenvalue weighted by molar-refractivity contribution is 0.275. The van der Waals surface area contributed by atoms with E-state index in [-0.39, 0.29) is 5.84 Å². The number of hydrogen-bond donors (Lipinski definition) is 2. The zero-order valence-electron chi connectivity index (χ0n) is 15.0. The lowest BCUT2D eigenvalue weighted by Gasteiger charge is -2.20. The summed E-state index contributed by atoms with van der Waals surface area (Å²) in [4.78, 5) is 2.54. The van der Waals surface area contributed by atoms with Gasteiger partial charge in [-0.2, -0.15) is 0 Å². The highest BCUT2D eigenvalue weighted by Crippen LogP contribution is 2.17. The van der Waals surface area contributed by atoms with Crippen LogP contribution < -0.4 is 15.8 Å². The van der Waals surface area contributed by atoms with Crippen molar-refractivity contribution in [2.24, 2.45) is 14.5 Å². The van der Waals surface area contributed by atoms with Crippen molar-refractivity contribution in [3.63, 3.8) is 0 Å². The van der Waals surface area contributed by atoms with Crippen LogP contribution in [0.2, 0.25) is 0 Å². The SMILES string of the molecule is NC1=NS(=O)N=C1NCCCOc1cccc(CN2CCCCCC2)c1. The van der Waals surface area contributed by atoms with Crippen LogP contribution in [-0.2, 0) is 17.7 Å². The molecule has 1 saturated heterocycles. The molecule has 0 saturated carbocycles. The number of nitrogens with two attached hydrogens (primary N) is 1. The predicted molar refractivity (Wildman–Crippen MR) is 106 cm³/mol. The van der Waals surface area contributed by atoms with Crippen LogP contribution in [0.25, 0.3) is 0 Å². The first kappa shape index (κ1) is 18.8. The van der Waals surface area contributed by atoms with E-state index >= 15 is 0 Å². The summed E-state index contributed by atoms with van der Waals surface area (Å²) >= 11 is -1.57. The van der Waals surface area contributed by atoms with Crippen molar-refractivity contribution in [2.75, 3.05) is 26.2 Å². The van der Waals surface area contributed by atoms with E-state index in [4.69, 9.17) is 10.5 Å². The summed E-state index contributed by atoms with van der Waals surface area (Å²) in [5.41, 5.74) is 6.91. The Hall–Kier alpha value is -1.93. The van der Waals surface area contributed by atoms with Gasteiger partial charge in [-0.15, -0.1) is 8.80 Å². The number of likely N-dealkylation sites (tertiary alicyclic amines) is 1. The summed E-state index contributed by atoms with van der Waals surface area (Å²) in [6.45, 7) is 4.61. The van der Waals surface area contributed by atoms with Gasteiger partial charge in [0.2, 0.25) is 0 Å². The molecule has 142 valence electrons. The number of hydrogen-bond acceptors (Lipinski definition) is 5. The van der Waals surface area contributed by atoms with Gasteiger partial charge in [-0.3, -0.25) is 4.90 Å². The van der Waals surface area contributed by atoms with Crippen molar-refractivity contribution in [1.82, 2.24) is 10.2 Å². The Morgan fingerprint density at radius 1 is 1.19 bits per heavy atom. The first-order valence-corrected chi connectivity index (χ1v) is 10.3. The molecule has 0 aliphatic carbocycles. The number of nitrogens with zero attached hydrogens (tertiary/aromatic N) is 3. The summed E-state index contributed by atoms with van der Waals surface area (Å²) in [5.74, 6) is 1.51. The molecular weight excluding hydrogens is 350 g/mol. The molecule has 2 aliphatic heterocycles. The van der Waals surface area contributed by atoms with Gasteiger partial charge in [-0.1, -0.05) is 25.0 Å². The van der Waals surface area contributed by atoms with Crippen LogP contribution in [0.1, 0.15) is 37.7 Å². The predicted octanol–water partition coefficient (Wildman–Crippen LogP) is 1.77. The second kappa shape index (κ2) is 9.68. The molecule has 2 aliphatic rings. The van der Waals surface area contributed by atoms with E-state index in [2.05, 4.69) is 37.2 Å². The molecule has 1 fully saturated rings. The van der Waals surface area contributed by atoms with Crippen molar-refractivity contribution in [1.29, 1.82) is 0 Å². The monoisotopic (exact) mass is 377 g/mol. The van der Waals surface area contributed by atoms with Gasteiger partial charge in [-0.05, 0) is 50.0 Å². The average Bonchev–Trinajstić information content (AvgIpc) is 2.81. The minimum atomic E-state index is -1.57. The molecule has 7 nitrogen and oxygen atoms in total. The summed E-state index contributed by atoms with van der Waals surface area (Å²) < 4.78 is 24.4. The van der Waals surface area contributed by atoms with E-state index in [9.17, 15) is 4.21 Å².